The van der Waals surface area contributed by atoms with Gasteiger partial charge in [-0.2, -0.15) is 8.42 Å². The molecule has 7 nitrogen and oxygen atoms in total. The van der Waals surface area contributed by atoms with Gasteiger partial charge in [-0.25, -0.2) is 9.59 Å². The first-order valence-corrected chi connectivity index (χ1v) is 5.45. The molecule has 0 aromatic heterocycles. The van der Waals surface area contributed by atoms with Crippen LogP contribution >= 0.6 is 0 Å². The van der Waals surface area contributed by atoms with E-state index in [1.807, 2.05) is 0 Å². The molecule has 0 aromatic rings. The molecule has 0 aliphatic heterocycles. The summed E-state index contributed by atoms with van der Waals surface area (Å²) in [5.74, 6) is -3.44. The maximum Gasteiger partial charge on any atom is 0.331 e. The Bertz CT molecular complexity index is 384. The number of carboxylic acid groups (broad SMARTS) is 2. The van der Waals surface area contributed by atoms with Crippen LogP contribution in [0.15, 0.2) is 11.6 Å². The largest absolute Gasteiger partial charge is 0.478 e. The zero-order valence-electron chi connectivity index (χ0n) is 8.58. The molecule has 0 atom stereocenters. The molecule has 0 aliphatic rings. The van der Waals surface area contributed by atoms with Crippen LogP contribution in [0.5, 0.6) is 0 Å². The third-order valence-corrected chi connectivity index (χ3v) is 2.23. The molecule has 3 N–H and O–H groups in total. The van der Waals surface area contributed by atoms with Crippen LogP contribution < -0.4 is 0 Å². The molecule has 87 valence electrons. The number of hydrogen-bond acceptors (Lipinski definition) is 4. The summed E-state index contributed by atoms with van der Waals surface area (Å²) in [7, 11) is -4.14. The Kier molecular flexibility index (Phi) is 8.76. The Labute approximate surface area is 114 Å². The van der Waals surface area contributed by atoms with Gasteiger partial charge < -0.3 is 10.2 Å². The molecule has 0 unspecified atom stereocenters. The van der Waals surface area contributed by atoms with Crippen LogP contribution in [-0.4, -0.2) is 70.4 Å². The molecule has 16 heavy (non-hydrogen) atoms. The molecule has 1 radical (unpaired) electrons. The van der Waals surface area contributed by atoms with Gasteiger partial charge in [0.05, 0.1) is 5.75 Å². The fourth-order valence-corrected chi connectivity index (χ4v) is 1.34. The van der Waals surface area contributed by atoms with Crippen LogP contribution in [0.3, 0.4) is 0 Å². The number of aliphatic carboxylic acids is 2. The molecule has 0 aromatic carbocycles. The summed E-state index contributed by atoms with van der Waals surface area (Å²) in [4.78, 5) is 20.6. The fourth-order valence-electron chi connectivity index (χ4n) is 0.835. The normalized spacial score (nSPS) is 11.7. The minimum Gasteiger partial charge on any atom is -0.478 e. The number of carboxylic acids is 2. The zero-order valence-corrected chi connectivity index (χ0v) is 11.4. The number of rotatable bonds is 6. The van der Waals surface area contributed by atoms with Crippen molar-refractivity contribution in [1.29, 1.82) is 0 Å². The van der Waals surface area contributed by atoms with Gasteiger partial charge >= 0.3 is 11.9 Å². The van der Waals surface area contributed by atoms with E-state index < -0.39 is 33.4 Å². The second kappa shape index (κ2) is 7.80. The molecular weight excluding hydrogens is 251 g/mol. The van der Waals surface area contributed by atoms with Crippen molar-refractivity contribution in [3.63, 3.8) is 0 Å². The second-order valence-corrected chi connectivity index (χ2v) is 4.27. The van der Waals surface area contributed by atoms with Gasteiger partial charge in [0.15, 0.2) is 0 Å². The monoisotopic (exact) mass is 261 g/mol. The molecule has 0 saturated heterocycles. The van der Waals surface area contributed by atoms with E-state index >= 15 is 0 Å². The number of hydrogen-bond donors (Lipinski definition) is 3. The van der Waals surface area contributed by atoms with Crippen molar-refractivity contribution in [2.24, 2.45) is 0 Å². The van der Waals surface area contributed by atoms with E-state index in [0.717, 1.165) is 0 Å². The Balaban J connectivity index is 0. The number of carbonyl (C=O) groups is 2. The van der Waals surface area contributed by atoms with E-state index in [0.29, 0.717) is 6.08 Å². The Morgan fingerprint density at radius 2 is 1.69 bits per heavy atom. The molecule has 0 bridgehead atoms. The third-order valence-electron chi connectivity index (χ3n) is 1.42. The van der Waals surface area contributed by atoms with Crippen LogP contribution in [0.1, 0.15) is 12.8 Å². The molecule has 0 rings (SSSR count). The first-order chi connectivity index (χ1) is 6.72. The van der Waals surface area contributed by atoms with Gasteiger partial charge in [0, 0.05) is 41.2 Å². The third kappa shape index (κ3) is 10.1. The average Bonchev–Trinajstić information content (AvgIpc) is 1.99. The van der Waals surface area contributed by atoms with Crippen LogP contribution in [0.4, 0.5) is 0 Å². The van der Waals surface area contributed by atoms with Crippen molar-refractivity contribution in [2.45, 2.75) is 12.8 Å². The summed E-state index contributed by atoms with van der Waals surface area (Å²) in [6, 6.07) is 0. The van der Waals surface area contributed by atoms with Crippen LogP contribution in [0.2, 0.25) is 0 Å². The van der Waals surface area contributed by atoms with Crippen molar-refractivity contribution in [2.75, 3.05) is 5.75 Å². The molecule has 0 saturated carbocycles. The van der Waals surface area contributed by atoms with Gasteiger partial charge in [0.1, 0.15) is 0 Å². The molecule has 0 fully saturated rings. The quantitative estimate of drug-likeness (QED) is 0.329. The SMILES string of the molecule is O=C(O)C=C(CCCS(=O)(=O)O)C(=O)O.[Na]. The molecule has 0 heterocycles. The van der Waals surface area contributed by atoms with Gasteiger partial charge in [-0.05, 0) is 12.8 Å². The summed E-state index contributed by atoms with van der Waals surface area (Å²) >= 11 is 0. The predicted octanol–water partition coefficient (Wildman–Crippen LogP) is -0.631. The standard InChI is InChI=1S/C7H10O7S.Na/c8-6(9)4-5(7(10)11)2-1-3-15(12,13)14;/h4H,1-3H2,(H,8,9)(H,10,11)(H,12,13,14);. The van der Waals surface area contributed by atoms with Gasteiger partial charge in [-0.1, -0.05) is 0 Å². The summed E-state index contributed by atoms with van der Waals surface area (Å²) in [5, 5.41) is 16.8. The minimum atomic E-state index is -4.14. The topological polar surface area (TPSA) is 129 Å². The molecule has 0 aliphatic carbocycles. The molecular formula is C7H10NaO7S. The Morgan fingerprint density at radius 1 is 1.19 bits per heavy atom. The van der Waals surface area contributed by atoms with E-state index in [9.17, 15) is 18.0 Å². The van der Waals surface area contributed by atoms with Gasteiger partial charge in [0.2, 0.25) is 0 Å². The summed E-state index contributed by atoms with van der Waals surface area (Å²) in [6.45, 7) is 0. The maximum atomic E-state index is 10.4. The molecule has 0 amide bonds. The predicted molar refractivity (Wildman–Crippen MR) is 54.8 cm³/mol. The van der Waals surface area contributed by atoms with E-state index in [1.165, 1.54) is 0 Å². The zero-order chi connectivity index (χ0) is 12.1. The van der Waals surface area contributed by atoms with Crippen molar-refractivity contribution in [1.82, 2.24) is 0 Å². The van der Waals surface area contributed by atoms with Crippen LogP contribution in [-0.2, 0) is 19.7 Å². The van der Waals surface area contributed by atoms with Crippen LogP contribution in [0, 0.1) is 0 Å². The van der Waals surface area contributed by atoms with E-state index in [-0.39, 0.29) is 42.4 Å². The van der Waals surface area contributed by atoms with Gasteiger partial charge in [-0.3, -0.25) is 4.55 Å². The fraction of sp³-hybridized carbons (Fsp3) is 0.429. The first-order valence-electron chi connectivity index (χ1n) is 3.84. The van der Waals surface area contributed by atoms with Crippen molar-refractivity contribution in [3.05, 3.63) is 11.6 Å². The van der Waals surface area contributed by atoms with Gasteiger partial charge in [0.25, 0.3) is 10.1 Å². The first kappa shape index (κ1) is 18.0. The second-order valence-electron chi connectivity index (χ2n) is 2.70. The molecule has 9 heteroatoms. The maximum absolute atomic E-state index is 10.4. The van der Waals surface area contributed by atoms with Crippen molar-refractivity contribution in [3.8, 4) is 0 Å². The minimum absolute atomic E-state index is 0. The van der Waals surface area contributed by atoms with Crippen LogP contribution in [0.25, 0.3) is 0 Å². The summed E-state index contributed by atoms with van der Waals surface area (Å²) < 4.78 is 28.9. The van der Waals surface area contributed by atoms with Crippen molar-refractivity contribution >= 4 is 51.6 Å². The summed E-state index contributed by atoms with van der Waals surface area (Å²) in [5.41, 5.74) is -0.411. The average molecular weight is 261 g/mol. The Hall–Kier alpha value is -0.410. The van der Waals surface area contributed by atoms with Crippen molar-refractivity contribution < 1.29 is 32.8 Å². The smallest absolute Gasteiger partial charge is 0.331 e. The summed E-state index contributed by atoms with van der Waals surface area (Å²) in [6.07, 6.45) is 0.109. The van der Waals surface area contributed by atoms with E-state index in [2.05, 4.69) is 0 Å². The molecule has 0 spiro atoms. The van der Waals surface area contributed by atoms with E-state index in [4.69, 9.17) is 14.8 Å². The van der Waals surface area contributed by atoms with Gasteiger partial charge in [-0.15, -0.1) is 0 Å². The Morgan fingerprint density at radius 3 is 2.00 bits per heavy atom. The van der Waals surface area contributed by atoms with E-state index in [1.54, 1.807) is 0 Å².